The van der Waals surface area contributed by atoms with Gasteiger partial charge in [0.2, 0.25) is 0 Å². The molecule has 0 aromatic carbocycles. The van der Waals surface area contributed by atoms with E-state index in [1.165, 1.54) is 12.8 Å². The highest BCUT2D eigenvalue weighted by atomic mass is 14.6. The second kappa shape index (κ2) is 4.01. The largest absolute Gasteiger partial charge is 0.0622 e. The zero-order valence-corrected chi connectivity index (χ0v) is 13.3. The molecule has 0 radical (unpaired) electrons. The first-order valence-corrected chi connectivity index (χ1v) is 9.02. The van der Waals surface area contributed by atoms with Crippen molar-refractivity contribution in [1.29, 1.82) is 0 Å². The predicted molar refractivity (Wildman–Crippen MR) is 80.9 cm³/mol. The van der Waals surface area contributed by atoms with Crippen LogP contribution < -0.4 is 0 Å². The van der Waals surface area contributed by atoms with E-state index in [2.05, 4.69) is 20.8 Å². The molecule has 2 bridgehead atoms. The van der Waals surface area contributed by atoms with Gasteiger partial charge in [-0.25, -0.2) is 0 Å². The fraction of sp³-hybridized carbons (Fsp3) is 1.00. The standard InChI is InChI=1S/C19H32/c1-13-11-19-10-8-16-15(5-4-9-18(16,2)3)17(19)7-6-14(13)12-19/h13-17H,4-12H2,1-3H3. The van der Waals surface area contributed by atoms with E-state index in [-0.39, 0.29) is 0 Å². The SMILES string of the molecule is CC1CC23CCC4C(CCCC4(C)C)C2CCC1C3. The third-order valence-corrected chi connectivity index (χ3v) is 8.19. The summed E-state index contributed by atoms with van der Waals surface area (Å²) in [6.45, 7) is 7.70. The van der Waals surface area contributed by atoms with Crippen LogP contribution in [0.15, 0.2) is 0 Å². The molecule has 4 fully saturated rings. The van der Waals surface area contributed by atoms with Crippen LogP contribution in [0.3, 0.4) is 0 Å². The lowest BCUT2D eigenvalue weighted by molar-refractivity contribution is -0.0824. The molecule has 6 atom stereocenters. The van der Waals surface area contributed by atoms with Gasteiger partial charge in [0.25, 0.3) is 0 Å². The molecule has 0 N–H and O–H groups in total. The molecule has 4 aliphatic carbocycles. The Bertz CT molecular complexity index is 364. The molecule has 4 saturated carbocycles. The Balaban J connectivity index is 1.65. The van der Waals surface area contributed by atoms with Crippen molar-refractivity contribution in [3.63, 3.8) is 0 Å². The lowest BCUT2D eigenvalue weighted by Crippen LogP contribution is -2.49. The first-order chi connectivity index (χ1) is 9.02. The Morgan fingerprint density at radius 2 is 1.68 bits per heavy atom. The maximum atomic E-state index is 2.57. The van der Waals surface area contributed by atoms with Crippen LogP contribution in [-0.4, -0.2) is 0 Å². The first-order valence-electron chi connectivity index (χ1n) is 9.02. The van der Waals surface area contributed by atoms with Crippen LogP contribution in [0, 0.1) is 40.4 Å². The van der Waals surface area contributed by atoms with E-state index in [1.54, 1.807) is 44.9 Å². The Morgan fingerprint density at radius 1 is 0.842 bits per heavy atom. The second-order valence-corrected chi connectivity index (χ2v) is 9.38. The maximum absolute atomic E-state index is 2.57. The van der Waals surface area contributed by atoms with Gasteiger partial charge in [0, 0.05) is 0 Å². The Labute approximate surface area is 119 Å². The molecule has 4 aliphatic rings. The van der Waals surface area contributed by atoms with Gasteiger partial charge < -0.3 is 0 Å². The lowest BCUT2D eigenvalue weighted by Gasteiger charge is -2.58. The molecule has 1 spiro atoms. The Hall–Kier alpha value is 0. The molecular formula is C19H32. The van der Waals surface area contributed by atoms with Crippen LogP contribution in [0.2, 0.25) is 0 Å². The molecule has 0 aromatic heterocycles. The fourth-order valence-electron chi connectivity index (χ4n) is 7.35. The molecule has 4 rings (SSSR count). The van der Waals surface area contributed by atoms with Crippen molar-refractivity contribution in [3.8, 4) is 0 Å². The highest BCUT2D eigenvalue weighted by Crippen LogP contribution is 2.67. The van der Waals surface area contributed by atoms with Gasteiger partial charge in [-0.1, -0.05) is 27.2 Å². The van der Waals surface area contributed by atoms with Gasteiger partial charge in [0.1, 0.15) is 0 Å². The fourth-order valence-corrected chi connectivity index (χ4v) is 7.35. The van der Waals surface area contributed by atoms with Crippen molar-refractivity contribution < 1.29 is 0 Å². The molecule has 6 unspecified atom stereocenters. The van der Waals surface area contributed by atoms with Crippen molar-refractivity contribution in [2.24, 2.45) is 40.4 Å². The van der Waals surface area contributed by atoms with Gasteiger partial charge in [-0.05, 0) is 91.8 Å². The first kappa shape index (κ1) is 12.7. The van der Waals surface area contributed by atoms with Gasteiger partial charge in [-0.15, -0.1) is 0 Å². The number of fused-ring (bicyclic) bond motifs is 3. The van der Waals surface area contributed by atoms with Gasteiger partial charge in [0.15, 0.2) is 0 Å². The van der Waals surface area contributed by atoms with E-state index in [0.29, 0.717) is 5.41 Å². The van der Waals surface area contributed by atoms with Crippen LogP contribution in [0.25, 0.3) is 0 Å². The van der Waals surface area contributed by atoms with Crippen molar-refractivity contribution in [3.05, 3.63) is 0 Å². The summed E-state index contributed by atoms with van der Waals surface area (Å²) >= 11 is 0. The summed E-state index contributed by atoms with van der Waals surface area (Å²) in [7, 11) is 0. The summed E-state index contributed by atoms with van der Waals surface area (Å²) in [5.74, 6) is 5.42. The van der Waals surface area contributed by atoms with Crippen LogP contribution in [0.1, 0.15) is 78.6 Å². The zero-order valence-electron chi connectivity index (χ0n) is 13.3. The number of hydrogen-bond donors (Lipinski definition) is 0. The molecule has 108 valence electrons. The predicted octanol–water partition coefficient (Wildman–Crippen LogP) is 5.67. The monoisotopic (exact) mass is 260 g/mol. The van der Waals surface area contributed by atoms with Gasteiger partial charge in [0.05, 0.1) is 0 Å². The average molecular weight is 260 g/mol. The van der Waals surface area contributed by atoms with Crippen molar-refractivity contribution in [1.82, 2.24) is 0 Å². The van der Waals surface area contributed by atoms with Crippen LogP contribution >= 0.6 is 0 Å². The molecule has 0 saturated heterocycles. The van der Waals surface area contributed by atoms with E-state index in [9.17, 15) is 0 Å². The van der Waals surface area contributed by atoms with Crippen LogP contribution in [-0.2, 0) is 0 Å². The summed E-state index contributed by atoms with van der Waals surface area (Å²) in [4.78, 5) is 0. The van der Waals surface area contributed by atoms with Gasteiger partial charge in [-0.2, -0.15) is 0 Å². The summed E-state index contributed by atoms with van der Waals surface area (Å²) in [5, 5.41) is 0. The molecule has 0 heteroatoms. The highest BCUT2D eigenvalue weighted by molar-refractivity contribution is 5.08. The van der Waals surface area contributed by atoms with Crippen LogP contribution in [0.5, 0.6) is 0 Å². The quantitative estimate of drug-likeness (QED) is 0.527. The molecule has 0 nitrogen and oxygen atoms in total. The number of hydrogen-bond acceptors (Lipinski definition) is 0. The van der Waals surface area contributed by atoms with Crippen molar-refractivity contribution in [2.75, 3.05) is 0 Å². The summed E-state index contributed by atoms with van der Waals surface area (Å²) in [6, 6.07) is 0. The molecule has 0 amide bonds. The molecule has 0 aromatic rings. The summed E-state index contributed by atoms with van der Waals surface area (Å²) in [6.07, 6.45) is 14.1. The molecule has 19 heavy (non-hydrogen) atoms. The van der Waals surface area contributed by atoms with Crippen molar-refractivity contribution in [2.45, 2.75) is 78.6 Å². The Kier molecular flexibility index (Phi) is 2.69. The Morgan fingerprint density at radius 3 is 2.53 bits per heavy atom. The molecular weight excluding hydrogens is 228 g/mol. The second-order valence-electron chi connectivity index (χ2n) is 9.38. The van der Waals surface area contributed by atoms with E-state index < -0.39 is 0 Å². The molecule has 0 aliphatic heterocycles. The van der Waals surface area contributed by atoms with E-state index >= 15 is 0 Å². The van der Waals surface area contributed by atoms with Crippen molar-refractivity contribution >= 4 is 0 Å². The highest BCUT2D eigenvalue weighted by Gasteiger charge is 2.58. The summed E-state index contributed by atoms with van der Waals surface area (Å²) < 4.78 is 0. The minimum atomic E-state index is 0.644. The number of rotatable bonds is 0. The third kappa shape index (κ3) is 1.70. The van der Waals surface area contributed by atoms with Gasteiger partial charge in [-0.3, -0.25) is 0 Å². The normalized spacial score (nSPS) is 55.4. The smallest absolute Gasteiger partial charge is 0.0261 e. The maximum Gasteiger partial charge on any atom is -0.0261 e. The van der Waals surface area contributed by atoms with Crippen LogP contribution in [0.4, 0.5) is 0 Å². The van der Waals surface area contributed by atoms with E-state index in [4.69, 9.17) is 0 Å². The third-order valence-electron chi connectivity index (χ3n) is 8.19. The van der Waals surface area contributed by atoms with E-state index in [0.717, 1.165) is 35.0 Å². The van der Waals surface area contributed by atoms with E-state index in [1.807, 2.05) is 0 Å². The lowest BCUT2D eigenvalue weighted by atomic mass is 9.47. The average Bonchev–Trinajstić information content (AvgIpc) is 2.59. The van der Waals surface area contributed by atoms with Gasteiger partial charge >= 0.3 is 0 Å². The summed E-state index contributed by atoms with van der Waals surface area (Å²) in [5.41, 5.74) is 1.46. The zero-order chi connectivity index (χ0) is 13.3. The molecule has 0 heterocycles. The minimum Gasteiger partial charge on any atom is -0.0622 e. The topological polar surface area (TPSA) is 0 Å². The minimum absolute atomic E-state index is 0.644.